The van der Waals surface area contributed by atoms with Gasteiger partial charge in [0.2, 0.25) is 21.7 Å². The van der Waals surface area contributed by atoms with Crippen LogP contribution < -0.4 is 4.74 Å². The van der Waals surface area contributed by atoms with Crippen LogP contribution >= 0.6 is 11.6 Å². The molecule has 1 saturated heterocycles. The van der Waals surface area contributed by atoms with Crippen molar-refractivity contribution in [2.45, 2.75) is 17.2 Å². The van der Waals surface area contributed by atoms with Crippen LogP contribution in [0.4, 0.5) is 13.2 Å². The SMILES string of the molecule is O=S(=O)(c1ccc(OC(F)(F)F)cc1)N1CC(c2nc(-c3cccc(Cl)c3)no2)C1. The van der Waals surface area contributed by atoms with Crippen molar-refractivity contribution in [1.82, 2.24) is 14.4 Å². The first kappa shape index (κ1) is 20.6. The van der Waals surface area contributed by atoms with Crippen LogP contribution in [-0.4, -0.2) is 42.3 Å². The molecule has 158 valence electrons. The number of benzene rings is 2. The van der Waals surface area contributed by atoms with Crippen LogP contribution in [-0.2, 0) is 10.0 Å². The number of hydrogen-bond donors (Lipinski definition) is 0. The molecule has 0 N–H and O–H groups in total. The minimum absolute atomic E-state index is 0.111. The standard InChI is InChI=1S/C18H13ClF3N3O4S/c19-13-3-1-2-11(8-13)16-23-17(29-24-16)12-9-25(10-12)30(26,27)15-6-4-14(5-7-15)28-18(20,21)22/h1-8,12H,9-10H2. The minimum atomic E-state index is -4.85. The highest BCUT2D eigenvalue weighted by molar-refractivity contribution is 7.89. The van der Waals surface area contributed by atoms with Crippen LogP contribution in [0.5, 0.6) is 5.75 Å². The highest BCUT2D eigenvalue weighted by Gasteiger charge is 2.40. The first-order chi connectivity index (χ1) is 14.1. The van der Waals surface area contributed by atoms with Crippen molar-refractivity contribution in [3.05, 3.63) is 59.4 Å². The van der Waals surface area contributed by atoms with Gasteiger partial charge in [0.05, 0.1) is 10.8 Å². The van der Waals surface area contributed by atoms with E-state index in [2.05, 4.69) is 14.9 Å². The maximum Gasteiger partial charge on any atom is 0.573 e. The van der Waals surface area contributed by atoms with Crippen molar-refractivity contribution in [2.75, 3.05) is 13.1 Å². The fourth-order valence-electron chi connectivity index (χ4n) is 2.90. The molecule has 0 saturated carbocycles. The maximum atomic E-state index is 12.6. The Balaban J connectivity index is 1.42. The Kier molecular flexibility index (Phi) is 5.20. The van der Waals surface area contributed by atoms with E-state index >= 15 is 0 Å². The van der Waals surface area contributed by atoms with Crippen LogP contribution in [0, 0.1) is 0 Å². The number of hydrogen-bond acceptors (Lipinski definition) is 6. The highest BCUT2D eigenvalue weighted by Crippen LogP contribution is 2.33. The number of ether oxygens (including phenoxy) is 1. The lowest BCUT2D eigenvalue weighted by Crippen LogP contribution is -2.48. The monoisotopic (exact) mass is 459 g/mol. The first-order valence-electron chi connectivity index (χ1n) is 8.57. The molecule has 1 aliphatic rings. The van der Waals surface area contributed by atoms with Crippen LogP contribution in [0.25, 0.3) is 11.4 Å². The third-order valence-electron chi connectivity index (χ3n) is 4.42. The second kappa shape index (κ2) is 7.56. The Morgan fingerprint density at radius 3 is 2.47 bits per heavy atom. The van der Waals surface area contributed by atoms with E-state index in [1.807, 2.05) is 0 Å². The molecule has 30 heavy (non-hydrogen) atoms. The number of sulfonamides is 1. The summed E-state index contributed by atoms with van der Waals surface area (Å²) in [4.78, 5) is 4.16. The van der Waals surface area contributed by atoms with Crippen molar-refractivity contribution in [3.8, 4) is 17.1 Å². The molecule has 2 aromatic carbocycles. The number of rotatable bonds is 5. The van der Waals surface area contributed by atoms with Crippen LogP contribution in [0.15, 0.2) is 57.9 Å². The number of aromatic nitrogens is 2. The fraction of sp³-hybridized carbons (Fsp3) is 0.222. The molecule has 1 fully saturated rings. The Hall–Kier alpha value is -2.63. The largest absolute Gasteiger partial charge is 0.573 e. The van der Waals surface area contributed by atoms with Gasteiger partial charge < -0.3 is 9.26 Å². The van der Waals surface area contributed by atoms with Crippen molar-refractivity contribution in [3.63, 3.8) is 0 Å². The topological polar surface area (TPSA) is 85.5 Å². The van der Waals surface area contributed by atoms with Gasteiger partial charge >= 0.3 is 6.36 Å². The first-order valence-corrected chi connectivity index (χ1v) is 10.4. The van der Waals surface area contributed by atoms with Crippen LogP contribution in [0.1, 0.15) is 11.8 Å². The number of nitrogens with zero attached hydrogens (tertiary/aromatic N) is 3. The van der Waals surface area contributed by atoms with Crippen molar-refractivity contribution >= 4 is 21.6 Å². The lowest BCUT2D eigenvalue weighted by Gasteiger charge is -2.35. The molecule has 0 amide bonds. The average molecular weight is 460 g/mol. The predicted octanol–water partition coefficient (Wildman–Crippen LogP) is 4.08. The summed E-state index contributed by atoms with van der Waals surface area (Å²) < 4.78 is 72.1. The summed E-state index contributed by atoms with van der Waals surface area (Å²) in [5, 5.41) is 4.42. The molecule has 7 nitrogen and oxygen atoms in total. The summed E-state index contributed by atoms with van der Waals surface area (Å²) in [6, 6.07) is 10.9. The number of alkyl halides is 3. The zero-order chi connectivity index (χ0) is 21.5. The van der Waals surface area contributed by atoms with E-state index in [1.54, 1.807) is 24.3 Å². The van der Waals surface area contributed by atoms with Crippen LogP contribution in [0.3, 0.4) is 0 Å². The van der Waals surface area contributed by atoms with Crippen molar-refractivity contribution in [2.24, 2.45) is 0 Å². The van der Waals surface area contributed by atoms with Gasteiger partial charge in [0.1, 0.15) is 5.75 Å². The third-order valence-corrected chi connectivity index (χ3v) is 6.50. The molecule has 4 rings (SSSR count). The molecule has 3 aromatic rings. The maximum absolute atomic E-state index is 12.6. The van der Waals surface area contributed by atoms with Crippen molar-refractivity contribution in [1.29, 1.82) is 0 Å². The second-order valence-corrected chi connectivity index (χ2v) is 8.88. The molecule has 1 aromatic heterocycles. The van der Waals surface area contributed by atoms with Gasteiger partial charge in [0.25, 0.3) is 0 Å². The zero-order valence-electron chi connectivity index (χ0n) is 15.0. The summed E-state index contributed by atoms with van der Waals surface area (Å²) in [7, 11) is -3.87. The summed E-state index contributed by atoms with van der Waals surface area (Å²) in [5.41, 5.74) is 0.669. The highest BCUT2D eigenvalue weighted by atomic mass is 35.5. The molecule has 0 unspecified atom stereocenters. The minimum Gasteiger partial charge on any atom is -0.406 e. The van der Waals surface area contributed by atoms with Crippen LogP contribution in [0.2, 0.25) is 5.02 Å². The van der Waals surface area contributed by atoms with E-state index in [4.69, 9.17) is 16.1 Å². The quantitative estimate of drug-likeness (QED) is 0.571. The summed E-state index contributed by atoms with van der Waals surface area (Å²) >= 11 is 5.95. The van der Waals surface area contributed by atoms with Gasteiger partial charge in [-0.25, -0.2) is 8.42 Å². The number of halogens is 4. The average Bonchev–Trinajstić information content (AvgIpc) is 3.09. The van der Waals surface area contributed by atoms with E-state index in [0.29, 0.717) is 22.3 Å². The molecule has 0 spiro atoms. The van der Waals surface area contributed by atoms with Gasteiger partial charge in [0.15, 0.2) is 0 Å². The van der Waals surface area contributed by atoms with E-state index in [0.717, 1.165) is 24.3 Å². The molecule has 1 aliphatic heterocycles. The Morgan fingerprint density at radius 2 is 1.83 bits per heavy atom. The van der Waals surface area contributed by atoms with E-state index in [1.165, 1.54) is 4.31 Å². The summed E-state index contributed by atoms with van der Waals surface area (Å²) in [6.07, 6.45) is -4.85. The molecule has 2 heterocycles. The van der Waals surface area contributed by atoms with Gasteiger partial charge in [-0.15, -0.1) is 13.2 Å². The fourth-order valence-corrected chi connectivity index (χ4v) is 4.62. The third kappa shape index (κ3) is 4.27. The van der Waals surface area contributed by atoms with Gasteiger partial charge in [-0.05, 0) is 36.4 Å². The summed E-state index contributed by atoms with van der Waals surface area (Å²) in [6.45, 7) is 0.223. The van der Waals surface area contributed by atoms with Gasteiger partial charge in [0, 0.05) is 23.7 Å². The second-order valence-electron chi connectivity index (χ2n) is 6.50. The van der Waals surface area contributed by atoms with Gasteiger partial charge in [-0.1, -0.05) is 28.9 Å². The molecule has 0 atom stereocenters. The molecule has 0 bridgehead atoms. The zero-order valence-corrected chi connectivity index (χ0v) is 16.6. The normalized spacial score (nSPS) is 15.7. The molecule has 0 aliphatic carbocycles. The van der Waals surface area contributed by atoms with Gasteiger partial charge in [-0.3, -0.25) is 0 Å². The predicted molar refractivity (Wildman–Crippen MR) is 99.4 cm³/mol. The van der Waals surface area contributed by atoms with Gasteiger partial charge in [-0.2, -0.15) is 9.29 Å². The Morgan fingerprint density at radius 1 is 1.13 bits per heavy atom. The summed E-state index contributed by atoms with van der Waals surface area (Å²) in [5.74, 6) is -0.144. The smallest absolute Gasteiger partial charge is 0.406 e. The van der Waals surface area contributed by atoms with E-state index in [9.17, 15) is 21.6 Å². The Bertz CT molecular complexity index is 1160. The van der Waals surface area contributed by atoms with E-state index in [-0.39, 0.29) is 23.9 Å². The lowest BCUT2D eigenvalue weighted by atomic mass is 10.0. The molecular formula is C18H13ClF3N3O4S. The lowest BCUT2D eigenvalue weighted by molar-refractivity contribution is -0.274. The van der Waals surface area contributed by atoms with Crippen molar-refractivity contribution < 1.29 is 30.8 Å². The molecule has 0 radical (unpaired) electrons. The molecular weight excluding hydrogens is 447 g/mol. The Labute approximate surface area is 174 Å². The van der Waals surface area contributed by atoms with E-state index < -0.39 is 22.1 Å². The molecule has 12 heteroatoms.